The zero-order valence-electron chi connectivity index (χ0n) is 11.0. The average molecular weight is 292 g/mol. The van der Waals surface area contributed by atoms with Crippen molar-refractivity contribution < 1.29 is 14.7 Å². The molecule has 1 heterocycles. The molecule has 6 heteroatoms. The smallest absolute Gasteiger partial charge is 0.261 e. The van der Waals surface area contributed by atoms with Crippen LogP contribution in [0.1, 0.15) is 31.5 Å². The lowest BCUT2D eigenvalue weighted by molar-refractivity contribution is 0.396. The maximum absolute atomic E-state index is 9.78. The highest BCUT2D eigenvalue weighted by Gasteiger charge is 2.18. The summed E-state index contributed by atoms with van der Waals surface area (Å²) in [5.74, 6) is 1.15. The van der Waals surface area contributed by atoms with Crippen molar-refractivity contribution in [2.24, 2.45) is 0 Å². The van der Waals surface area contributed by atoms with Gasteiger partial charge in [0.05, 0.1) is 11.3 Å². The van der Waals surface area contributed by atoms with Crippen LogP contribution in [0.15, 0.2) is 22.7 Å². The largest absolute Gasteiger partial charge is 0.504 e. The predicted octanol–water partition coefficient (Wildman–Crippen LogP) is 3.32. The van der Waals surface area contributed by atoms with Crippen LogP contribution in [0.3, 0.4) is 0 Å². The molecule has 0 radical (unpaired) electrons. The minimum atomic E-state index is -0.230. The van der Waals surface area contributed by atoms with Crippen molar-refractivity contribution in [2.75, 3.05) is 0 Å². The molecule has 106 valence electrons. The summed E-state index contributed by atoms with van der Waals surface area (Å²) in [6.45, 7) is 0. The average Bonchev–Trinajstić information content (AvgIpc) is 3.10. The predicted molar refractivity (Wildman–Crippen MR) is 76.6 cm³/mol. The van der Waals surface area contributed by atoms with Crippen LogP contribution >= 0.6 is 11.8 Å². The minimum Gasteiger partial charge on any atom is -0.504 e. The number of hydrogen-bond donors (Lipinski definition) is 2. The Labute approximate surface area is 121 Å². The molecule has 1 aromatic carbocycles. The monoisotopic (exact) mass is 292 g/mol. The number of thioether (sulfide) groups is 1. The van der Waals surface area contributed by atoms with Gasteiger partial charge in [-0.15, -0.1) is 0 Å². The molecule has 0 spiro atoms. The normalized spacial score (nSPS) is 15.8. The Bertz CT molecular complexity index is 594. The van der Waals surface area contributed by atoms with Crippen molar-refractivity contribution in [1.29, 1.82) is 0 Å². The lowest BCUT2D eigenvalue weighted by Crippen LogP contribution is -1.95. The Morgan fingerprint density at radius 1 is 1.25 bits per heavy atom. The van der Waals surface area contributed by atoms with Crippen molar-refractivity contribution in [3.8, 4) is 23.0 Å². The van der Waals surface area contributed by atoms with Gasteiger partial charge in [-0.25, -0.2) is 0 Å². The Morgan fingerprint density at radius 2 is 2.05 bits per heavy atom. The van der Waals surface area contributed by atoms with E-state index < -0.39 is 0 Å². The third kappa shape index (κ3) is 2.75. The van der Waals surface area contributed by atoms with Crippen LogP contribution in [0.2, 0.25) is 0 Å². The van der Waals surface area contributed by atoms with Gasteiger partial charge in [-0.05, 0) is 25.0 Å². The van der Waals surface area contributed by atoms with Crippen LogP contribution < -0.4 is 0 Å². The van der Waals surface area contributed by atoms with Crippen LogP contribution in [0.4, 0.5) is 0 Å². The fourth-order valence-corrected chi connectivity index (χ4v) is 3.54. The second-order valence-electron chi connectivity index (χ2n) is 4.91. The number of hydrogen-bond acceptors (Lipinski definition) is 6. The first-order valence-electron chi connectivity index (χ1n) is 6.69. The maximum Gasteiger partial charge on any atom is 0.261 e. The Hall–Kier alpha value is -1.69. The van der Waals surface area contributed by atoms with Gasteiger partial charge in [0.25, 0.3) is 5.89 Å². The Balaban J connectivity index is 1.71. The quantitative estimate of drug-likeness (QED) is 0.841. The molecule has 2 aromatic rings. The van der Waals surface area contributed by atoms with Crippen molar-refractivity contribution in [3.05, 3.63) is 24.0 Å². The number of nitrogens with zero attached hydrogens (tertiary/aromatic N) is 2. The Morgan fingerprint density at radius 3 is 2.85 bits per heavy atom. The van der Waals surface area contributed by atoms with Gasteiger partial charge in [0.1, 0.15) is 0 Å². The van der Waals surface area contributed by atoms with Crippen molar-refractivity contribution in [2.45, 2.75) is 36.7 Å². The number of phenols is 2. The number of aromatic nitrogens is 2. The fourth-order valence-electron chi connectivity index (χ4n) is 2.37. The van der Waals surface area contributed by atoms with Gasteiger partial charge in [-0.3, -0.25) is 0 Å². The molecule has 1 aliphatic rings. The second-order valence-corrected chi connectivity index (χ2v) is 6.20. The number of aromatic hydroxyl groups is 2. The molecule has 5 nitrogen and oxygen atoms in total. The third-order valence-corrected chi connectivity index (χ3v) is 4.83. The van der Waals surface area contributed by atoms with Crippen LogP contribution in [-0.4, -0.2) is 25.6 Å². The molecule has 0 aliphatic heterocycles. The highest BCUT2D eigenvalue weighted by Crippen LogP contribution is 2.36. The lowest BCUT2D eigenvalue weighted by atomic mass is 10.2. The molecule has 1 saturated carbocycles. The Kier molecular flexibility index (Phi) is 3.82. The van der Waals surface area contributed by atoms with Crippen molar-refractivity contribution >= 4 is 11.8 Å². The van der Waals surface area contributed by atoms with Gasteiger partial charge in [-0.1, -0.05) is 24.1 Å². The SMILES string of the molecule is Oc1cccc(-c2nc(CSC3CCCC3)no2)c1O. The van der Waals surface area contributed by atoms with Crippen LogP contribution in [0.25, 0.3) is 11.5 Å². The van der Waals surface area contributed by atoms with Crippen molar-refractivity contribution in [3.63, 3.8) is 0 Å². The van der Waals surface area contributed by atoms with Gasteiger partial charge < -0.3 is 14.7 Å². The molecule has 0 unspecified atom stereocenters. The minimum absolute atomic E-state index is 0.192. The van der Waals surface area contributed by atoms with Crippen molar-refractivity contribution in [1.82, 2.24) is 10.1 Å². The van der Waals surface area contributed by atoms with Crippen LogP contribution in [-0.2, 0) is 5.75 Å². The molecule has 3 rings (SSSR count). The van der Waals surface area contributed by atoms with E-state index in [0.717, 1.165) is 0 Å². The van der Waals surface area contributed by atoms with Gasteiger partial charge in [0.2, 0.25) is 0 Å². The standard InChI is InChI=1S/C14H16N2O3S/c17-11-7-3-6-10(13(11)18)14-15-12(16-19-14)8-20-9-4-1-2-5-9/h3,6-7,9,17-18H,1-2,4-5,8H2. The second kappa shape index (κ2) is 5.75. The molecule has 1 aliphatic carbocycles. The van der Waals surface area contributed by atoms with E-state index in [9.17, 15) is 10.2 Å². The van der Waals surface area contributed by atoms with E-state index in [4.69, 9.17) is 4.52 Å². The fraction of sp³-hybridized carbons (Fsp3) is 0.429. The van der Waals surface area contributed by atoms with Gasteiger partial charge in [-0.2, -0.15) is 16.7 Å². The molecule has 0 saturated heterocycles. The van der Waals surface area contributed by atoms with Crippen LogP contribution in [0.5, 0.6) is 11.5 Å². The summed E-state index contributed by atoms with van der Waals surface area (Å²) < 4.78 is 5.16. The van der Waals surface area contributed by atoms with Crippen LogP contribution in [0, 0.1) is 0 Å². The number of phenolic OH excluding ortho intramolecular Hbond substituents is 2. The molecule has 1 aromatic heterocycles. The molecular formula is C14H16N2O3S. The van der Waals surface area contributed by atoms with E-state index in [1.807, 2.05) is 11.8 Å². The number of rotatable bonds is 4. The van der Waals surface area contributed by atoms with E-state index in [-0.39, 0.29) is 17.4 Å². The van der Waals surface area contributed by atoms with E-state index in [2.05, 4.69) is 10.1 Å². The van der Waals surface area contributed by atoms with E-state index in [1.54, 1.807) is 12.1 Å². The summed E-state index contributed by atoms with van der Waals surface area (Å²) in [5.41, 5.74) is 0.356. The highest BCUT2D eigenvalue weighted by molar-refractivity contribution is 7.99. The molecule has 0 atom stereocenters. The number of para-hydroxylation sites is 1. The zero-order chi connectivity index (χ0) is 13.9. The van der Waals surface area contributed by atoms with Gasteiger partial charge in [0.15, 0.2) is 17.3 Å². The summed E-state index contributed by atoms with van der Waals surface area (Å²) in [5, 5.41) is 23.9. The highest BCUT2D eigenvalue weighted by atomic mass is 32.2. The summed E-state index contributed by atoms with van der Waals surface area (Å²) in [6, 6.07) is 4.67. The molecule has 2 N–H and O–H groups in total. The van der Waals surface area contributed by atoms with E-state index in [1.165, 1.54) is 31.7 Å². The first-order chi connectivity index (χ1) is 9.74. The third-order valence-electron chi connectivity index (χ3n) is 3.46. The number of benzene rings is 1. The molecule has 0 bridgehead atoms. The van der Waals surface area contributed by atoms with E-state index >= 15 is 0 Å². The summed E-state index contributed by atoms with van der Waals surface area (Å²) in [4.78, 5) is 4.27. The first kappa shape index (κ1) is 13.3. The van der Waals surface area contributed by atoms with E-state index in [0.29, 0.717) is 22.4 Å². The maximum atomic E-state index is 9.78. The first-order valence-corrected chi connectivity index (χ1v) is 7.74. The molecule has 0 amide bonds. The molecular weight excluding hydrogens is 276 g/mol. The zero-order valence-corrected chi connectivity index (χ0v) is 11.8. The topological polar surface area (TPSA) is 79.4 Å². The summed E-state index contributed by atoms with van der Waals surface area (Å²) in [6.07, 6.45) is 5.16. The molecule has 20 heavy (non-hydrogen) atoms. The molecule has 1 fully saturated rings. The summed E-state index contributed by atoms with van der Waals surface area (Å²) in [7, 11) is 0. The summed E-state index contributed by atoms with van der Waals surface area (Å²) >= 11 is 1.86. The van der Waals surface area contributed by atoms with Gasteiger partial charge in [0, 0.05) is 5.25 Å². The van der Waals surface area contributed by atoms with Gasteiger partial charge >= 0.3 is 0 Å². The lowest BCUT2D eigenvalue weighted by Gasteiger charge is -2.04.